The van der Waals surface area contributed by atoms with Crippen molar-refractivity contribution >= 4 is 33.5 Å². The molecule has 0 spiro atoms. The van der Waals surface area contributed by atoms with Crippen LogP contribution in [0.2, 0.25) is 0 Å². The lowest BCUT2D eigenvalue weighted by Gasteiger charge is -2.13. The van der Waals surface area contributed by atoms with Crippen LogP contribution >= 0.6 is 15.9 Å². The van der Waals surface area contributed by atoms with Crippen molar-refractivity contribution in [1.82, 2.24) is 5.43 Å². The molecule has 0 saturated heterocycles. The van der Waals surface area contributed by atoms with E-state index >= 15 is 0 Å². The Balaban J connectivity index is 2.49. The molecule has 1 aromatic rings. The number of halogens is 1. The number of nitrogens with one attached hydrogen (secondary N) is 1. The average molecular weight is 385 g/mol. The molecule has 0 radical (unpaired) electrons. The minimum Gasteiger partial charge on any atom is -0.484 e. The number of amides is 1. The molecule has 0 aliphatic rings. The van der Waals surface area contributed by atoms with Crippen LogP contribution < -0.4 is 10.2 Å². The van der Waals surface area contributed by atoms with Crippen LogP contribution in [0.15, 0.2) is 33.8 Å². The standard InChI is InChI=1S/C16H21BrN2O4/c1-4-14(16(21)22-5-2)11(3)18-19-15(20)10-23-13-8-6-12(17)7-9-13/h6-9,14H,4-5,10H2,1-3H3,(H,19,20). The zero-order valence-corrected chi connectivity index (χ0v) is 15.1. The van der Waals surface area contributed by atoms with Gasteiger partial charge in [-0.05, 0) is 44.5 Å². The Hall–Kier alpha value is -1.89. The van der Waals surface area contributed by atoms with E-state index in [-0.39, 0.29) is 12.6 Å². The maximum absolute atomic E-state index is 11.8. The molecule has 7 heteroatoms. The van der Waals surface area contributed by atoms with Gasteiger partial charge in [0.1, 0.15) is 5.75 Å². The molecule has 126 valence electrons. The van der Waals surface area contributed by atoms with Crippen LogP contribution in [-0.4, -0.2) is 30.8 Å². The van der Waals surface area contributed by atoms with Crippen molar-refractivity contribution < 1.29 is 19.1 Å². The molecule has 1 N–H and O–H groups in total. The quantitative estimate of drug-likeness (QED) is 0.424. The minimum absolute atomic E-state index is 0.158. The van der Waals surface area contributed by atoms with Crippen molar-refractivity contribution in [3.63, 3.8) is 0 Å². The largest absolute Gasteiger partial charge is 0.484 e. The van der Waals surface area contributed by atoms with E-state index in [0.717, 1.165) is 4.47 Å². The second-order valence-electron chi connectivity index (χ2n) is 4.74. The molecular formula is C16H21BrN2O4. The second-order valence-corrected chi connectivity index (χ2v) is 5.66. The summed E-state index contributed by atoms with van der Waals surface area (Å²) < 4.78 is 11.2. The first-order valence-electron chi connectivity index (χ1n) is 7.35. The van der Waals surface area contributed by atoms with Crippen LogP contribution in [0.3, 0.4) is 0 Å². The molecule has 1 atom stereocenters. The van der Waals surface area contributed by atoms with Crippen molar-refractivity contribution in [1.29, 1.82) is 0 Å². The summed E-state index contributed by atoms with van der Waals surface area (Å²) in [5.41, 5.74) is 2.89. The van der Waals surface area contributed by atoms with Gasteiger partial charge in [0.25, 0.3) is 5.91 Å². The molecule has 1 amide bonds. The Morgan fingerprint density at radius 3 is 2.48 bits per heavy atom. The zero-order chi connectivity index (χ0) is 17.2. The van der Waals surface area contributed by atoms with E-state index in [4.69, 9.17) is 9.47 Å². The van der Waals surface area contributed by atoms with Crippen LogP contribution in [0.4, 0.5) is 0 Å². The fraction of sp³-hybridized carbons (Fsp3) is 0.438. The van der Waals surface area contributed by atoms with Gasteiger partial charge in [-0.1, -0.05) is 22.9 Å². The Kier molecular flexibility index (Phi) is 8.32. The normalized spacial score (nSPS) is 12.4. The highest BCUT2D eigenvalue weighted by Crippen LogP contribution is 2.15. The fourth-order valence-electron chi connectivity index (χ4n) is 1.82. The topological polar surface area (TPSA) is 77.0 Å². The Bertz CT molecular complexity index is 558. The fourth-order valence-corrected chi connectivity index (χ4v) is 2.08. The molecule has 0 saturated carbocycles. The average Bonchev–Trinajstić information content (AvgIpc) is 2.53. The number of carbonyl (C=O) groups is 2. The number of benzene rings is 1. The Morgan fingerprint density at radius 2 is 1.91 bits per heavy atom. The van der Waals surface area contributed by atoms with Gasteiger partial charge in [-0.15, -0.1) is 0 Å². The van der Waals surface area contributed by atoms with Gasteiger partial charge in [0.2, 0.25) is 0 Å². The first-order chi connectivity index (χ1) is 11.0. The molecule has 1 unspecified atom stereocenters. The van der Waals surface area contributed by atoms with Gasteiger partial charge in [-0.2, -0.15) is 5.10 Å². The van der Waals surface area contributed by atoms with E-state index in [0.29, 0.717) is 24.5 Å². The highest BCUT2D eigenvalue weighted by atomic mass is 79.9. The summed E-state index contributed by atoms with van der Waals surface area (Å²) in [4.78, 5) is 23.5. The summed E-state index contributed by atoms with van der Waals surface area (Å²) in [6.45, 7) is 5.45. The van der Waals surface area contributed by atoms with E-state index in [1.807, 2.05) is 19.1 Å². The molecule has 0 fully saturated rings. The lowest BCUT2D eigenvalue weighted by molar-refractivity contribution is -0.145. The van der Waals surface area contributed by atoms with Gasteiger partial charge in [0.15, 0.2) is 6.61 Å². The number of carbonyl (C=O) groups excluding carboxylic acids is 2. The van der Waals surface area contributed by atoms with E-state index in [1.54, 1.807) is 26.0 Å². The number of hydrogen-bond acceptors (Lipinski definition) is 5. The highest BCUT2D eigenvalue weighted by Gasteiger charge is 2.21. The third-order valence-corrected chi connectivity index (χ3v) is 3.55. The van der Waals surface area contributed by atoms with Gasteiger partial charge in [0.05, 0.1) is 12.5 Å². The molecule has 0 aliphatic carbocycles. The van der Waals surface area contributed by atoms with E-state index < -0.39 is 11.8 Å². The smallest absolute Gasteiger partial charge is 0.314 e. The van der Waals surface area contributed by atoms with Gasteiger partial charge < -0.3 is 9.47 Å². The van der Waals surface area contributed by atoms with Crippen molar-refractivity contribution in [3.8, 4) is 5.75 Å². The molecule has 0 bridgehead atoms. The zero-order valence-electron chi connectivity index (χ0n) is 13.5. The minimum atomic E-state index is -0.456. The molecule has 23 heavy (non-hydrogen) atoms. The van der Waals surface area contributed by atoms with E-state index in [9.17, 15) is 9.59 Å². The third-order valence-electron chi connectivity index (χ3n) is 3.02. The lowest BCUT2D eigenvalue weighted by Crippen LogP contribution is -2.29. The molecule has 0 aliphatic heterocycles. The SMILES string of the molecule is CCOC(=O)C(CC)C(C)=NNC(=O)COc1ccc(Br)cc1. The molecule has 1 rings (SSSR count). The number of nitrogens with zero attached hydrogens (tertiary/aromatic N) is 1. The molecular weight excluding hydrogens is 364 g/mol. The number of hydrogen-bond donors (Lipinski definition) is 1. The summed E-state index contributed by atoms with van der Waals surface area (Å²) in [5, 5.41) is 3.95. The maximum Gasteiger partial charge on any atom is 0.314 e. The number of ether oxygens (including phenoxy) is 2. The van der Waals surface area contributed by atoms with Gasteiger partial charge in [-0.25, -0.2) is 5.43 Å². The van der Waals surface area contributed by atoms with Crippen molar-refractivity contribution in [2.45, 2.75) is 27.2 Å². The summed E-state index contributed by atoms with van der Waals surface area (Å²) in [6, 6.07) is 7.14. The summed E-state index contributed by atoms with van der Waals surface area (Å²) >= 11 is 3.32. The van der Waals surface area contributed by atoms with Crippen LogP contribution in [0.1, 0.15) is 27.2 Å². The number of hydrazone groups is 1. The van der Waals surface area contributed by atoms with Gasteiger partial charge in [0, 0.05) is 10.2 Å². The maximum atomic E-state index is 11.8. The highest BCUT2D eigenvalue weighted by molar-refractivity contribution is 9.10. The Labute approximate surface area is 144 Å². The first-order valence-corrected chi connectivity index (χ1v) is 8.15. The van der Waals surface area contributed by atoms with Crippen molar-refractivity contribution in [2.75, 3.05) is 13.2 Å². The van der Waals surface area contributed by atoms with Gasteiger partial charge in [-0.3, -0.25) is 9.59 Å². The van der Waals surface area contributed by atoms with Crippen LogP contribution in [0.5, 0.6) is 5.75 Å². The summed E-state index contributed by atoms with van der Waals surface area (Å²) in [6.07, 6.45) is 0.555. The van der Waals surface area contributed by atoms with Crippen LogP contribution in [0, 0.1) is 5.92 Å². The Morgan fingerprint density at radius 1 is 1.26 bits per heavy atom. The van der Waals surface area contributed by atoms with Crippen molar-refractivity contribution in [2.24, 2.45) is 11.0 Å². The predicted octanol–water partition coefficient (Wildman–Crippen LogP) is 2.91. The molecule has 0 aromatic heterocycles. The molecule has 1 aromatic carbocycles. The van der Waals surface area contributed by atoms with Gasteiger partial charge >= 0.3 is 5.97 Å². The number of esters is 1. The van der Waals surface area contributed by atoms with Crippen LogP contribution in [-0.2, 0) is 14.3 Å². The molecule has 0 heterocycles. The van der Waals surface area contributed by atoms with Crippen LogP contribution in [0.25, 0.3) is 0 Å². The first kappa shape index (κ1) is 19.2. The molecule has 6 nitrogen and oxygen atoms in total. The van der Waals surface area contributed by atoms with E-state index in [1.165, 1.54) is 0 Å². The number of rotatable bonds is 8. The lowest BCUT2D eigenvalue weighted by atomic mass is 10.0. The summed E-state index contributed by atoms with van der Waals surface area (Å²) in [5.74, 6) is -0.604. The predicted molar refractivity (Wildman–Crippen MR) is 91.3 cm³/mol. The van der Waals surface area contributed by atoms with Crippen molar-refractivity contribution in [3.05, 3.63) is 28.7 Å². The third kappa shape index (κ3) is 6.81. The summed E-state index contributed by atoms with van der Waals surface area (Å²) in [7, 11) is 0. The monoisotopic (exact) mass is 384 g/mol. The second kappa shape index (κ2) is 9.99. The van der Waals surface area contributed by atoms with E-state index in [2.05, 4.69) is 26.5 Å².